The molecule has 2 saturated heterocycles. The second-order valence-corrected chi connectivity index (χ2v) is 17.3. The molecule has 2 aliphatic heterocycles. The summed E-state index contributed by atoms with van der Waals surface area (Å²) in [6.07, 6.45) is 5.94. The summed E-state index contributed by atoms with van der Waals surface area (Å²) < 4.78 is 11.7. The van der Waals surface area contributed by atoms with Gasteiger partial charge in [-0.1, -0.05) is 28.3 Å². The first-order valence-corrected chi connectivity index (χ1v) is 11.3. The van der Waals surface area contributed by atoms with Crippen molar-refractivity contribution in [3.8, 4) is 0 Å². The number of fused-ring (bicyclic) bond motifs is 2. The number of amides is 2. The summed E-state index contributed by atoms with van der Waals surface area (Å²) in [6.45, 7) is 4.61. The van der Waals surface area contributed by atoms with E-state index in [1.165, 1.54) is 0 Å². The summed E-state index contributed by atoms with van der Waals surface area (Å²) in [5, 5.41) is 0. The van der Waals surface area contributed by atoms with Gasteiger partial charge in [-0.15, -0.1) is 0 Å². The Morgan fingerprint density at radius 1 is 1.36 bits per heavy atom. The van der Waals surface area contributed by atoms with Crippen molar-refractivity contribution in [2.45, 2.75) is 44.8 Å². The van der Waals surface area contributed by atoms with Crippen LogP contribution in [0.2, 0.25) is 0 Å². The smallest absolute Gasteiger partial charge is 0.240 e. The number of hydrogen-bond acceptors (Lipinski definition) is 4. The van der Waals surface area contributed by atoms with Crippen LogP contribution in [0.15, 0.2) is 12.2 Å². The van der Waals surface area contributed by atoms with E-state index in [1.807, 2.05) is 6.92 Å². The van der Waals surface area contributed by atoms with Crippen LogP contribution in [0.1, 0.15) is 26.7 Å². The van der Waals surface area contributed by atoms with E-state index in [2.05, 4.69) is 73.5 Å². The summed E-state index contributed by atoms with van der Waals surface area (Å²) in [6, 6.07) is 0. The molecule has 6 rings (SSSR count). The van der Waals surface area contributed by atoms with Crippen molar-refractivity contribution in [3.05, 3.63) is 12.2 Å². The van der Waals surface area contributed by atoms with Gasteiger partial charge < -0.3 is 9.47 Å². The van der Waals surface area contributed by atoms with Crippen LogP contribution in [0.3, 0.4) is 0 Å². The van der Waals surface area contributed by atoms with E-state index in [9.17, 15) is 9.59 Å². The summed E-state index contributed by atoms with van der Waals surface area (Å²) in [5.41, 5.74) is -2.04. The molecule has 25 heavy (non-hydrogen) atoms. The maximum atomic E-state index is 13.6. The number of nitrogens with zero attached hydrogens (tertiary/aromatic N) is 1. The van der Waals surface area contributed by atoms with E-state index >= 15 is 0 Å². The lowest BCUT2D eigenvalue weighted by molar-refractivity contribution is -0.151. The van der Waals surface area contributed by atoms with E-state index in [-0.39, 0.29) is 34.7 Å². The van der Waals surface area contributed by atoms with Gasteiger partial charge in [-0.25, -0.2) is 0 Å². The minimum Gasteiger partial charge on any atom is -0.356 e. The Kier molecular flexibility index (Phi) is 2.68. The Labute approximate surface area is 175 Å². The van der Waals surface area contributed by atoms with Gasteiger partial charge in [0.05, 0.1) is 23.5 Å². The molecule has 7 atom stereocenters. The lowest BCUT2D eigenvalue weighted by atomic mass is 9.63. The molecule has 0 aromatic heterocycles. The molecule has 2 heterocycles. The van der Waals surface area contributed by atoms with Gasteiger partial charge in [-0.3, -0.25) is 14.5 Å². The lowest BCUT2D eigenvalue weighted by Gasteiger charge is -2.39. The third-order valence-electron chi connectivity index (χ3n) is 8.02. The number of halogens is 2. The number of carbonyl (C=O) groups is 2. The minimum absolute atomic E-state index is 0.00155. The van der Waals surface area contributed by atoms with Gasteiger partial charge in [-0.2, -0.15) is 0 Å². The Morgan fingerprint density at radius 3 is 2.56 bits per heavy atom. The first-order chi connectivity index (χ1) is 11.5. The van der Waals surface area contributed by atoms with E-state index in [0.717, 1.165) is 12.8 Å². The molecule has 0 aromatic rings. The second kappa shape index (κ2) is 4.02. The van der Waals surface area contributed by atoms with Crippen molar-refractivity contribution in [1.29, 1.82) is 0 Å². The van der Waals surface area contributed by atoms with Crippen molar-refractivity contribution < 1.29 is 19.1 Å². The monoisotopic (exact) mass is 585 g/mol. The van der Waals surface area contributed by atoms with Crippen LogP contribution >= 0.6 is 54.4 Å². The molecular weight excluding hydrogens is 567 g/mol. The summed E-state index contributed by atoms with van der Waals surface area (Å²) in [7, 11) is 2.63. The highest BCUT2D eigenvalue weighted by Gasteiger charge is 3.06. The largest absolute Gasteiger partial charge is 0.356 e. The van der Waals surface area contributed by atoms with E-state index in [4.69, 9.17) is 9.47 Å². The van der Waals surface area contributed by atoms with E-state index < -0.39 is 17.9 Å². The maximum Gasteiger partial charge on any atom is 0.240 e. The number of epoxide rings is 1. The van der Waals surface area contributed by atoms with E-state index in [0.29, 0.717) is 6.61 Å². The molecule has 8 heteroatoms. The molecule has 5 fully saturated rings. The van der Waals surface area contributed by atoms with Gasteiger partial charge in [0, 0.05) is 11.3 Å². The molecule has 134 valence electrons. The third kappa shape index (κ3) is 1.42. The number of imide groups is 1. The van der Waals surface area contributed by atoms with Crippen molar-refractivity contribution in [1.82, 2.24) is 4.90 Å². The summed E-state index contributed by atoms with van der Waals surface area (Å²) in [4.78, 5) is 28.4. The molecule has 4 aliphatic carbocycles. The van der Waals surface area contributed by atoms with Crippen molar-refractivity contribution in [2.24, 2.45) is 22.7 Å². The number of alkyl halides is 2. The molecule has 6 aliphatic rings. The number of ether oxygens (including phenoxy) is 2. The van der Waals surface area contributed by atoms with Crippen LogP contribution in [0.5, 0.6) is 0 Å². The SMILES string of the molecule is CC12C=CC13OC3(C)C13C(=O)N(C4(COC(P)(I)I)CC4)C(=O)C1C23. The molecule has 0 N–H and O–H groups in total. The zero-order valence-corrected chi connectivity index (χ0v) is 19.3. The van der Waals surface area contributed by atoms with Crippen molar-refractivity contribution >= 4 is 66.2 Å². The number of carbonyl (C=O) groups excluding carboxylic acids is 2. The predicted molar refractivity (Wildman–Crippen MR) is 109 cm³/mol. The summed E-state index contributed by atoms with van der Waals surface area (Å²) >= 11 is 4.38. The van der Waals surface area contributed by atoms with E-state index in [1.54, 1.807) is 4.90 Å². The first kappa shape index (κ1) is 16.6. The van der Waals surface area contributed by atoms with Gasteiger partial charge in [-0.05, 0) is 64.9 Å². The Bertz CT molecular complexity index is 822. The molecule has 0 bridgehead atoms. The number of piperidine rings is 1. The van der Waals surface area contributed by atoms with Crippen LogP contribution in [0.4, 0.5) is 0 Å². The van der Waals surface area contributed by atoms with Crippen molar-refractivity contribution in [2.75, 3.05) is 6.61 Å². The number of likely N-dealkylation sites (tertiary alicyclic amines) is 1. The quantitative estimate of drug-likeness (QED) is 0.127. The number of hydrogen-bond donors (Lipinski definition) is 0. The average Bonchev–Trinajstić information content (AvgIpc) is 3.38. The topological polar surface area (TPSA) is 59.1 Å². The van der Waals surface area contributed by atoms with Crippen LogP contribution in [0.25, 0.3) is 0 Å². The molecule has 0 radical (unpaired) electrons. The highest BCUT2D eigenvalue weighted by Crippen LogP contribution is 2.95. The average molecular weight is 585 g/mol. The Hall–Kier alpha value is 0.690. The molecular formula is C17H18I2NO4P. The van der Waals surface area contributed by atoms with Gasteiger partial charge in [0.2, 0.25) is 11.8 Å². The first-order valence-electron chi connectivity index (χ1n) is 8.61. The Morgan fingerprint density at radius 2 is 2.04 bits per heavy atom. The second-order valence-electron chi connectivity index (χ2n) is 8.86. The fourth-order valence-electron chi connectivity index (χ4n) is 6.63. The van der Waals surface area contributed by atoms with Gasteiger partial charge >= 0.3 is 0 Å². The standard InChI is InChI=1S/C17H18I2NO4P/c1-12-3-6-15(12)13(2,24-15)16-8(9(12)16)10(21)20(11(16)22)14(4-5-14)7-23-17(18,19)25/h3,6,8-9H,4-5,7,25H2,1-2H3. The Balaban J connectivity index is 1.37. The molecule has 3 saturated carbocycles. The minimum atomic E-state index is -0.634. The molecule has 2 amide bonds. The molecule has 0 aromatic carbocycles. The van der Waals surface area contributed by atoms with Crippen LogP contribution in [-0.4, -0.2) is 41.4 Å². The predicted octanol–water partition coefficient (Wildman–Crippen LogP) is 2.61. The third-order valence-corrected chi connectivity index (χ3v) is 8.81. The van der Waals surface area contributed by atoms with Gasteiger partial charge in [0.1, 0.15) is 11.2 Å². The normalized spacial score (nSPS) is 55.3. The fraction of sp³-hybridized carbons (Fsp3) is 0.765. The maximum absolute atomic E-state index is 13.6. The summed E-state index contributed by atoms with van der Waals surface area (Å²) in [5.74, 6) is -0.0689. The number of rotatable bonds is 4. The van der Waals surface area contributed by atoms with Crippen molar-refractivity contribution in [3.63, 3.8) is 0 Å². The zero-order valence-electron chi connectivity index (χ0n) is 13.8. The molecule has 7 unspecified atom stereocenters. The highest BCUT2D eigenvalue weighted by molar-refractivity contribution is 14.2. The fourth-order valence-corrected chi connectivity index (χ4v) is 7.02. The van der Waals surface area contributed by atoms with Crippen LogP contribution < -0.4 is 0 Å². The van der Waals surface area contributed by atoms with Gasteiger partial charge in [0.15, 0.2) is 1.36 Å². The van der Waals surface area contributed by atoms with Crippen LogP contribution in [0, 0.1) is 22.7 Å². The zero-order chi connectivity index (χ0) is 17.8. The van der Waals surface area contributed by atoms with Gasteiger partial charge in [0.25, 0.3) is 0 Å². The molecule has 5 nitrogen and oxygen atoms in total. The molecule has 2 spiro atoms. The highest BCUT2D eigenvalue weighted by atomic mass is 127. The van der Waals surface area contributed by atoms with Crippen LogP contribution in [-0.2, 0) is 19.1 Å². The lowest BCUT2D eigenvalue weighted by Crippen LogP contribution is -2.50.